The molecule has 2 aromatic rings. The second kappa shape index (κ2) is 8.30. The van der Waals surface area contributed by atoms with E-state index in [2.05, 4.69) is 81.5 Å². The topological polar surface area (TPSA) is 0 Å². The summed E-state index contributed by atoms with van der Waals surface area (Å²) in [6, 6.07) is 16.0. The van der Waals surface area contributed by atoms with Crippen molar-refractivity contribution in [3.63, 3.8) is 0 Å². The maximum absolute atomic E-state index is 2.41. The van der Waals surface area contributed by atoms with Gasteiger partial charge in [0.1, 0.15) is 0 Å². The van der Waals surface area contributed by atoms with E-state index in [1.54, 1.807) is 17.6 Å². The first-order valence-corrected chi connectivity index (χ1v) is 12.3. The van der Waals surface area contributed by atoms with Gasteiger partial charge in [-0.1, -0.05) is 0 Å². The number of aryl methyl sites for hydroxylation is 1. The third kappa shape index (κ3) is 3.44. The Morgan fingerprint density at radius 2 is 1.68 bits per heavy atom. The predicted molar refractivity (Wildman–Crippen MR) is 96.7 cm³/mol. The molecule has 1 atom stereocenters. The number of rotatable bonds is 2. The minimum absolute atomic E-state index is 0. The summed E-state index contributed by atoms with van der Waals surface area (Å²) in [6.45, 7) is 7.02. The number of fused-ring (bicyclic) bond motifs is 3. The Hall–Kier alpha value is -0.747. The van der Waals surface area contributed by atoms with Gasteiger partial charge in [-0.15, -0.1) is 0 Å². The van der Waals surface area contributed by atoms with Gasteiger partial charge in [0.05, 0.1) is 0 Å². The van der Waals surface area contributed by atoms with Crippen molar-refractivity contribution in [1.29, 1.82) is 0 Å². The monoisotopic (exact) mass is 446 g/mol. The van der Waals surface area contributed by atoms with Gasteiger partial charge in [-0.05, 0) is 0 Å². The van der Waals surface area contributed by atoms with Crippen LogP contribution in [0.1, 0.15) is 40.6 Å². The van der Waals surface area contributed by atoms with Crippen LogP contribution in [-0.4, -0.2) is 3.21 Å². The third-order valence-electron chi connectivity index (χ3n) is 5.10. The molecule has 3 heteroatoms. The van der Waals surface area contributed by atoms with Crippen molar-refractivity contribution in [3.05, 3.63) is 80.7 Å². The molecule has 0 fully saturated rings. The van der Waals surface area contributed by atoms with Crippen LogP contribution in [0.2, 0.25) is 0 Å². The van der Waals surface area contributed by atoms with E-state index in [1.807, 2.05) is 0 Å². The first-order valence-electron chi connectivity index (χ1n) is 8.40. The summed E-state index contributed by atoms with van der Waals surface area (Å²) in [5, 5.41) is 0. The molecule has 0 radical (unpaired) electrons. The van der Waals surface area contributed by atoms with Crippen LogP contribution in [0.25, 0.3) is 11.1 Å². The molecule has 0 saturated carbocycles. The fraction of sp³-hybridized carbons (Fsp3) is 0.227. The molecule has 4 rings (SSSR count). The molecule has 128 valence electrons. The van der Waals surface area contributed by atoms with Crippen LogP contribution in [0.3, 0.4) is 0 Å². The molecule has 2 aliphatic carbocycles. The largest absolute Gasteiger partial charge is 1.00 e. The van der Waals surface area contributed by atoms with Crippen molar-refractivity contribution in [2.75, 3.05) is 0 Å². The summed E-state index contributed by atoms with van der Waals surface area (Å²) < 4.78 is 4.11. The molecule has 1 unspecified atom stereocenters. The predicted octanol–water partition coefficient (Wildman–Crippen LogP) is -0.253. The molecule has 0 N–H and O–H groups in total. The average molecular weight is 449 g/mol. The van der Waals surface area contributed by atoms with E-state index in [0.717, 1.165) is 0 Å². The molecule has 0 saturated heterocycles. The number of benzene rings is 2. The Labute approximate surface area is 171 Å². The Morgan fingerprint density at radius 3 is 2.36 bits per heavy atom. The van der Waals surface area contributed by atoms with Crippen molar-refractivity contribution in [2.45, 2.75) is 30.8 Å². The molecule has 0 amide bonds. The normalized spacial score (nSPS) is 15.9. The maximum atomic E-state index is 2.41. The molecular weight excluding hydrogens is 426 g/mol. The molecule has 0 spiro atoms. The molecule has 0 bridgehead atoms. The zero-order valence-electron chi connectivity index (χ0n) is 14.8. The fourth-order valence-electron chi connectivity index (χ4n) is 4.20. The van der Waals surface area contributed by atoms with Crippen LogP contribution in [-0.2, 0) is 21.3 Å². The van der Waals surface area contributed by atoms with Crippen LogP contribution in [0.5, 0.6) is 0 Å². The van der Waals surface area contributed by atoms with Crippen LogP contribution in [0.15, 0.2) is 64.0 Å². The second-order valence-corrected chi connectivity index (χ2v) is 14.3. The number of halogens is 2. The van der Waals surface area contributed by atoms with E-state index in [-0.39, 0.29) is 24.8 Å². The van der Waals surface area contributed by atoms with E-state index in [9.17, 15) is 0 Å². The standard InChI is InChI=1S/C14H11.C5H5.C3H6.2ClH.Zr/c1-10-5-4-7-12-9-11-6-2-3-8-13(11)14(10)12;1-2-4-5-3-1;1-3-2;;;/h2-9H,1H3;1-3H,4H2;1-2H3;2*1H;/q;;;;;+2/p-2. The van der Waals surface area contributed by atoms with Gasteiger partial charge in [0.15, 0.2) is 0 Å². The maximum Gasteiger partial charge on any atom is -1.00 e. The van der Waals surface area contributed by atoms with Crippen molar-refractivity contribution in [1.82, 2.24) is 0 Å². The molecule has 2 aromatic carbocycles. The van der Waals surface area contributed by atoms with E-state index in [1.165, 1.54) is 23.1 Å². The van der Waals surface area contributed by atoms with Crippen molar-refractivity contribution in [2.24, 2.45) is 0 Å². The van der Waals surface area contributed by atoms with Crippen LogP contribution in [0.4, 0.5) is 0 Å². The smallest absolute Gasteiger partial charge is 1.00 e. The zero-order chi connectivity index (χ0) is 16.0. The SMILES string of the molecule is C[C](C)=[Zr+2]([C]1=CC=CC1)[CH]1c2ccccc2-c2c(C)cccc21.[Cl-].[Cl-]. The van der Waals surface area contributed by atoms with Crippen LogP contribution < -0.4 is 24.8 Å². The summed E-state index contributed by atoms with van der Waals surface area (Å²) >= 11 is -1.89. The Morgan fingerprint density at radius 1 is 0.960 bits per heavy atom. The molecule has 0 nitrogen and oxygen atoms in total. The summed E-state index contributed by atoms with van der Waals surface area (Å²) in [5.41, 5.74) is 7.60. The second-order valence-electron chi connectivity index (χ2n) is 6.80. The Kier molecular flexibility index (Phi) is 6.82. The third-order valence-corrected chi connectivity index (χ3v) is 13.3. The summed E-state index contributed by atoms with van der Waals surface area (Å²) in [5.74, 6) is 0. The van der Waals surface area contributed by atoms with Gasteiger partial charge >= 0.3 is 147 Å². The quantitative estimate of drug-likeness (QED) is 0.595. The van der Waals surface area contributed by atoms with Gasteiger partial charge in [0, 0.05) is 0 Å². The Bertz CT molecular complexity index is 887. The van der Waals surface area contributed by atoms with E-state index in [0.29, 0.717) is 3.63 Å². The van der Waals surface area contributed by atoms with Gasteiger partial charge in [-0.25, -0.2) is 0 Å². The average Bonchev–Trinajstić information content (AvgIpc) is 3.16. The molecule has 2 aliphatic rings. The van der Waals surface area contributed by atoms with Gasteiger partial charge < -0.3 is 24.8 Å². The van der Waals surface area contributed by atoms with Crippen molar-refractivity contribution in [3.8, 4) is 11.1 Å². The van der Waals surface area contributed by atoms with E-state index in [4.69, 9.17) is 0 Å². The van der Waals surface area contributed by atoms with Crippen molar-refractivity contribution < 1.29 is 46.1 Å². The van der Waals surface area contributed by atoms with Gasteiger partial charge in [0.2, 0.25) is 0 Å². The van der Waals surface area contributed by atoms with Crippen molar-refractivity contribution >= 4 is 3.21 Å². The molecular formula is C22H22Cl2Zr. The number of hydrogen-bond donors (Lipinski definition) is 0. The summed E-state index contributed by atoms with van der Waals surface area (Å²) in [4.78, 5) is 0. The summed E-state index contributed by atoms with van der Waals surface area (Å²) in [7, 11) is 0. The van der Waals surface area contributed by atoms with Gasteiger partial charge in [-0.3, -0.25) is 0 Å². The zero-order valence-corrected chi connectivity index (χ0v) is 18.8. The molecule has 25 heavy (non-hydrogen) atoms. The minimum Gasteiger partial charge on any atom is -1.00 e. The number of hydrogen-bond acceptors (Lipinski definition) is 0. The van der Waals surface area contributed by atoms with Crippen LogP contribution >= 0.6 is 0 Å². The molecule has 0 aromatic heterocycles. The van der Waals surface area contributed by atoms with E-state index < -0.39 is 21.3 Å². The van der Waals surface area contributed by atoms with Gasteiger partial charge in [0.25, 0.3) is 0 Å². The molecule has 0 aliphatic heterocycles. The summed E-state index contributed by atoms with van der Waals surface area (Å²) in [6.07, 6.45) is 8.19. The van der Waals surface area contributed by atoms with E-state index >= 15 is 0 Å². The fourth-order valence-corrected chi connectivity index (χ4v) is 12.4. The van der Waals surface area contributed by atoms with Crippen LogP contribution in [0, 0.1) is 6.92 Å². The minimum atomic E-state index is -1.89. The first kappa shape index (κ1) is 20.6. The van der Waals surface area contributed by atoms with Gasteiger partial charge in [-0.2, -0.15) is 0 Å². The number of allylic oxidation sites excluding steroid dienone is 4. The first-order chi connectivity index (χ1) is 11.2. The Balaban J connectivity index is 0.00000113. The molecule has 0 heterocycles.